The highest BCUT2D eigenvalue weighted by atomic mass is 35.5. The minimum Gasteiger partial charge on any atom is -0.325 e. The van der Waals surface area contributed by atoms with Crippen molar-refractivity contribution in [3.63, 3.8) is 0 Å². The number of carbonyl (C=O) groups is 2. The second kappa shape index (κ2) is 7.88. The number of anilines is 1. The Labute approximate surface area is 178 Å². The Balaban J connectivity index is 1.56. The molecule has 1 heterocycles. The molecule has 152 valence electrons. The summed E-state index contributed by atoms with van der Waals surface area (Å²) in [5.74, 6) is -1.39. The number of nitriles is 1. The van der Waals surface area contributed by atoms with Crippen LogP contribution in [0.1, 0.15) is 36.8 Å². The van der Waals surface area contributed by atoms with Gasteiger partial charge in [0.05, 0.1) is 5.56 Å². The Kier molecular flexibility index (Phi) is 5.27. The molecule has 2 amide bonds. The summed E-state index contributed by atoms with van der Waals surface area (Å²) in [6.07, 6.45) is 3.23. The first-order valence-electron chi connectivity index (χ1n) is 9.59. The van der Waals surface area contributed by atoms with Crippen LogP contribution in [0.5, 0.6) is 0 Å². The number of aliphatic imine (C=N–C) groups is 1. The zero-order valence-corrected chi connectivity index (χ0v) is 16.7. The fourth-order valence-corrected chi connectivity index (χ4v) is 4.13. The van der Waals surface area contributed by atoms with Gasteiger partial charge < -0.3 is 10.2 Å². The van der Waals surface area contributed by atoms with Crippen molar-refractivity contribution in [1.29, 1.82) is 5.26 Å². The van der Waals surface area contributed by atoms with Gasteiger partial charge in [0.2, 0.25) is 5.91 Å². The fourth-order valence-electron chi connectivity index (χ4n) is 4.00. The Hall–Kier alpha value is -3.24. The molecule has 2 aliphatic rings. The van der Waals surface area contributed by atoms with E-state index in [9.17, 15) is 14.0 Å². The molecule has 2 aromatic rings. The Morgan fingerprint density at radius 3 is 2.60 bits per heavy atom. The normalized spacial score (nSPS) is 17.2. The lowest BCUT2D eigenvalue weighted by Crippen LogP contribution is -2.48. The molecule has 0 atom stereocenters. The van der Waals surface area contributed by atoms with E-state index >= 15 is 0 Å². The first-order valence-corrected chi connectivity index (χ1v) is 9.97. The van der Waals surface area contributed by atoms with Crippen molar-refractivity contribution in [1.82, 2.24) is 4.90 Å². The highest BCUT2D eigenvalue weighted by Gasteiger charge is 2.49. The number of amides is 2. The molecule has 0 radical (unpaired) electrons. The molecule has 6 nitrogen and oxygen atoms in total. The second-order valence-corrected chi connectivity index (χ2v) is 7.84. The highest BCUT2D eigenvalue weighted by Crippen LogP contribution is 2.41. The summed E-state index contributed by atoms with van der Waals surface area (Å²) in [5.41, 5.74) is 0.407. The van der Waals surface area contributed by atoms with E-state index in [2.05, 4.69) is 5.32 Å². The van der Waals surface area contributed by atoms with Crippen molar-refractivity contribution in [3.8, 4) is 6.07 Å². The Morgan fingerprint density at radius 2 is 1.93 bits per heavy atom. The van der Waals surface area contributed by atoms with Gasteiger partial charge in [0, 0.05) is 16.3 Å². The molecule has 30 heavy (non-hydrogen) atoms. The summed E-state index contributed by atoms with van der Waals surface area (Å²) in [5, 5.41) is 12.2. The van der Waals surface area contributed by atoms with Crippen LogP contribution in [0.3, 0.4) is 0 Å². The van der Waals surface area contributed by atoms with Gasteiger partial charge in [0.15, 0.2) is 0 Å². The standard InChI is InChI=1S/C22H18ClFN4O2/c23-16-5-3-14(4-6-16)20-21(30)28(22(27-20)9-1-2-10-22)13-19(29)26-17-7-8-18(24)15(11-17)12-25/h3-8,11H,1-2,9-10,13H2,(H,26,29). The molecule has 1 spiro atoms. The Bertz CT molecular complexity index is 1090. The van der Waals surface area contributed by atoms with Crippen molar-refractivity contribution in [2.75, 3.05) is 11.9 Å². The van der Waals surface area contributed by atoms with Crippen molar-refractivity contribution in [2.24, 2.45) is 4.99 Å². The van der Waals surface area contributed by atoms with Gasteiger partial charge >= 0.3 is 0 Å². The molecule has 2 aromatic carbocycles. The number of rotatable bonds is 4. The lowest BCUT2D eigenvalue weighted by Gasteiger charge is -2.32. The average molecular weight is 425 g/mol. The average Bonchev–Trinajstić information content (AvgIpc) is 3.31. The van der Waals surface area contributed by atoms with Gasteiger partial charge in [-0.25, -0.2) is 4.39 Å². The van der Waals surface area contributed by atoms with E-state index in [4.69, 9.17) is 21.9 Å². The molecule has 1 aliphatic heterocycles. The van der Waals surface area contributed by atoms with E-state index in [1.807, 2.05) is 0 Å². The van der Waals surface area contributed by atoms with E-state index in [0.717, 1.165) is 18.9 Å². The smallest absolute Gasteiger partial charge is 0.275 e. The maximum Gasteiger partial charge on any atom is 0.275 e. The molecule has 1 saturated carbocycles. The molecule has 1 aliphatic carbocycles. The zero-order valence-electron chi connectivity index (χ0n) is 16.0. The van der Waals surface area contributed by atoms with Gasteiger partial charge in [0.1, 0.15) is 29.8 Å². The largest absolute Gasteiger partial charge is 0.325 e. The van der Waals surface area contributed by atoms with Crippen molar-refractivity contribution in [3.05, 3.63) is 64.4 Å². The number of hydrogen-bond acceptors (Lipinski definition) is 4. The molecule has 4 rings (SSSR count). The molecule has 8 heteroatoms. The number of carbonyl (C=O) groups excluding carboxylic acids is 2. The highest BCUT2D eigenvalue weighted by molar-refractivity contribution is 6.47. The molecular formula is C22H18ClFN4O2. The van der Waals surface area contributed by atoms with Crippen LogP contribution in [0.25, 0.3) is 0 Å². The van der Waals surface area contributed by atoms with E-state index in [1.165, 1.54) is 17.0 Å². The monoisotopic (exact) mass is 424 g/mol. The first kappa shape index (κ1) is 20.0. The number of halogens is 2. The fraction of sp³-hybridized carbons (Fsp3) is 0.273. The van der Waals surface area contributed by atoms with Crippen LogP contribution < -0.4 is 5.32 Å². The van der Waals surface area contributed by atoms with E-state index in [-0.39, 0.29) is 18.0 Å². The lowest BCUT2D eigenvalue weighted by atomic mass is 10.1. The van der Waals surface area contributed by atoms with Gasteiger partial charge in [-0.05, 0) is 56.0 Å². The SMILES string of the molecule is N#Cc1cc(NC(=O)CN2C(=O)C(c3ccc(Cl)cc3)=NC23CCCC3)ccc1F. The van der Waals surface area contributed by atoms with Crippen LogP contribution in [0, 0.1) is 17.1 Å². The van der Waals surface area contributed by atoms with Crippen molar-refractivity contribution >= 4 is 34.8 Å². The number of nitrogens with one attached hydrogen (secondary N) is 1. The van der Waals surface area contributed by atoms with E-state index < -0.39 is 17.4 Å². The summed E-state index contributed by atoms with van der Waals surface area (Å²) in [7, 11) is 0. The molecule has 0 aromatic heterocycles. The van der Waals surface area contributed by atoms with Gasteiger partial charge in [-0.15, -0.1) is 0 Å². The molecule has 0 unspecified atom stereocenters. The van der Waals surface area contributed by atoms with Gasteiger partial charge in [0.25, 0.3) is 5.91 Å². The summed E-state index contributed by atoms with van der Waals surface area (Å²) in [6, 6.07) is 12.4. The summed E-state index contributed by atoms with van der Waals surface area (Å²) in [4.78, 5) is 32.1. The van der Waals surface area contributed by atoms with Crippen LogP contribution in [0.4, 0.5) is 10.1 Å². The maximum absolute atomic E-state index is 13.5. The summed E-state index contributed by atoms with van der Waals surface area (Å²) < 4.78 is 13.5. The lowest BCUT2D eigenvalue weighted by molar-refractivity contribution is -0.132. The Morgan fingerprint density at radius 1 is 1.23 bits per heavy atom. The van der Waals surface area contributed by atoms with Crippen LogP contribution in [-0.4, -0.2) is 34.6 Å². The molecule has 0 bridgehead atoms. The van der Waals surface area contributed by atoms with Crippen molar-refractivity contribution < 1.29 is 14.0 Å². The molecule has 1 fully saturated rings. The van der Waals surface area contributed by atoms with Gasteiger partial charge in [-0.1, -0.05) is 23.7 Å². The minimum absolute atomic E-state index is 0.161. The summed E-state index contributed by atoms with van der Waals surface area (Å²) in [6.45, 7) is -0.182. The number of benzene rings is 2. The molecular weight excluding hydrogens is 407 g/mol. The number of nitrogens with zero attached hydrogens (tertiary/aromatic N) is 3. The topological polar surface area (TPSA) is 85.6 Å². The predicted octanol–water partition coefficient (Wildman–Crippen LogP) is 3.89. The van der Waals surface area contributed by atoms with Crippen LogP contribution >= 0.6 is 11.6 Å². The van der Waals surface area contributed by atoms with E-state index in [1.54, 1.807) is 30.3 Å². The first-order chi connectivity index (χ1) is 14.4. The second-order valence-electron chi connectivity index (χ2n) is 7.40. The zero-order chi connectivity index (χ0) is 21.3. The van der Waals surface area contributed by atoms with Gasteiger partial charge in [-0.2, -0.15) is 5.26 Å². The van der Waals surface area contributed by atoms with Crippen LogP contribution in [-0.2, 0) is 9.59 Å². The third kappa shape index (κ3) is 3.66. The molecule has 0 saturated heterocycles. The quantitative estimate of drug-likeness (QED) is 0.807. The van der Waals surface area contributed by atoms with Gasteiger partial charge in [-0.3, -0.25) is 14.6 Å². The summed E-state index contributed by atoms with van der Waals surface area (Å²) >= 11 is 5.95. The van der Waals surface area contributed by atoms with E-state index in [0.29, 0.717) is 34.8 Å². The van der Waals surface area contributed by atoms with Crippen LogP contribution in [0.2, 0.25) is 5.02 Å². The van der Waals surface area contributed by atoms with Crippen LogP contribution in [0.15, 0.2) is 47.5 Å². The third-order valence-electron chi connectivity index (χ3n) is 5.46. The maximum atomic E-state index is 13.5. The third-order valence-corrected chi connectivity index (χ3v) is 5.72. The molecule has 1 N–H and O–H groups in total. The van der Waals surface area contributed by atoms with Crippen molar-refractivity contribution in [2.45, 2.75) is 31.3 Å². The number of hydrogen-bond donors (Lipinski definition) is 1. The predicted molar refractivity (Wildman–Crippen MR) is 111 cm³/mol. The minimum atomic E-state index is -0.718.